The molecule has 2 N–H and O–H groups in total. The second kappa shape index (κ2) is 5.83. The van der Waals surface area contributed by atoms with Crippen LogP contribution in [0, 0.1) is 5.41 Å². The van der Waals surface area contributed by atoms with Crippen molar-refractivity contribution >= 4 is 0 Å². The molecule has 0 amide bonds. The van der Waals surface area contributed by atoms with E-state index in [1.807, 2.05) is 13.8 Å². The topological polar surface area (TPSA) is 35.5 Å². The first-order valence-electron chi connectivity index (χ1n) is 5.76. The highest BCUT2D eigenvalue weighted by Crippen LogP contribution is 2.15. The Labute approximate surface area is 94.9 Å². The average Bonchev–Trinajstić information content (AvgIpc) is 2.00. The van der Waals surface area contributed by atoms with Crippen LogP contribution >= 0.6 is 0 Å². The van der Waals surface area contributed by atoms with E-state index in [4.69, 9.17) is 0 Å². The van der Waals surface area contributed by atoms with Crippen molar-refractivity contribution in [1.82, 2.24) is 10.2 Å². The van der Waals surface area contributed by atoms with Gasteiger partial charge >= 0.3 is 0 Å². The van der Waals surface area contributed by atoms with Gasteiger partial charge in [-0.25, -0.2) is 0 Å². The minimum absolute atomic E-state index is 0.243. The van der Waals surface area contributed by atoms with Crippen molar-refractivity contribution in [3.05, 3.63) is 0 Å². The van der Waals surface area contributed by atoms with Crippen LogP contribution in [-0.4, -0.2) is 49.3 Å². The summed E-state index contributed by atoms with van der Waals surface area (Å²) in [6, 6.07) is 0. The summed E-state index contributed by atoms with van der Waals surface area (Å²) in [4.78, 5) is 2.19. The summed E-state index contributed by atoms with van der Waals surface area (Å²) < 4.78 is 0. The SMILES string of the molecule is CCC(C)(O)CNCC(C)(C)CN(C)C. The van der Waals surface area contributed by atoms with Crippen molar-refractivity contribution in [3.8, 4) is 0 Å². The van der Waals surface area contributed by atoms with E-state index in [0.717, 1.165) is 19.5 Å². The zero-order chi connectivity index (χ0) is 12.1. The summed E-state index contributed by atoms with van der Waals surface area (Å²) in [7, 11) is 4.17. The summed E-state index contributed by atoms with van der Waals surface area (Å²) in [5, 5.41) is 13.2. The number of hydrogen-bond acceptors (Lipinski definition) is 3. The Balaban J connectivity index is 3.84. The molecule has 0 aromatic carbocycles. The number of nitrogens with one attached hydrogen (secondary N) is 1. The lowest BCUT2D eigenvalue weighted by atomic mass is 9.92. The van der Waals surface area contributed by atoms with Gasteiger partial charge in [-0.1, -0.05) is 20.8 Å². The predicted molar refractivity (Wildman–Crippen MR) is 66.1 cm³/mol. The highest BCUT2D eigenvalue weighted by atomic mass is 16.3. The largest absolute Gasteiger partial charge is 0.389 e. The first-order valence-corrected chi connectivity index (χ1v) is 5.76. The van der Waals surface area contributed by atoms with Gasteiger partial charge in [-0.15, -0.1) is 0 Å². The highest BCUT2D eigenvalue weighted by molar-refractivity contribution is 4.78. The lowest BCUT2D eigenvalue weighted by Gasteiger charge is -2.30. The van der Waals surface area contributed by atoms with Crippen LogP contribution in [0.5, 0.6) is 0 Å². The Kier molecular flexibility index (Phi) is 5.78. The van der Waals surface area contributed by atoms with Gasteiger partial charge < -0.3 is 15.3 Å². The van der Waals surface area contributed by atoms with Gasteiger partial charge in [0.15, 0.2) is 0 Å². The highest BCUT2D eigenvalue weighted by Gasteiger charge is 2.21. The molecule has 15 heavy (non-hydrogen) atoms. The molecule has 0 rings (SSSR count). The van der Waals surface area contributed by atoms with E-state index < -0.39 is 5.60 Å². The molecule has 92 valence electrons. The van der Waals surface area contributed by atoms with Crippen LogP contribution in [0.15, 0.2) is 0 Å². The second-order valence-electron chi connectivity index (χ2n) is 5.86. The first-order chi connectivity index (χ1) is 6.68. The van der Waals surface area contributed by atoms with E-state index >= 15 is 0 Å². The number of hydrogen-bond donors (Lipinski definition) is 2. The van der Waals surface area contributed by atoms with Crippen molar-refractivity contribution in [2.24, 2.45) is 5.41 Å². The predicted octanol–water partition coefficient (Wildman–Crippen LogP) is 1.32. The minimum Gasteiger partial charge on any atom is -0.389 e. The molecular formula is C12H28N2O. The maximum atomic E-state index is 9.83. The van der Waals surface area contributed by atoms with Gasteiger partial charge in [0, 0.05) is 19.6 Å². The van der Waals surface area contributed by atoms with Gasteiger partial charge in [0.2, 0.25) is 0 Å². The van der Waals surface area contributed by atoms with Crippen LogP contribution in [0.2, 0.25) is 0 Å². The molecule has 0 fully saturated rings. The fourth-order valence-corrected chi connectivity index (χ4v) is 1.71. The summed E-state index contributed by atoms with van der Waals surface area (Å²) in [5.41, 5.74) is -0.332. The first kappa shape index (κ1) is 14.9. The van der Waals surface area contributed by atoms with Gasteiger partial charge in [0.05, 0.1) is 5.60 Å². The molecule has 0 heterocycles. The van der Waals surface area contributed by atoms with Crippen LogP contribution < -0.4 is 5.32 Å². The molecule has 0 aliphatic rings. The molecule has 3 heteroatoms. The monoisotopic (exact) mass is 216 g/mol. The molecule has 0 bridgehead atoms. The fraction of sp³-hybridized carbons (Fsp3) is 1.00. The van der Waals surface area contributed by atoms with Gasteiger partial charge in [-0.05, 0) is 32.9 Å². The lowest BCUT2D eigenvalue weighted by Crippen LogP contribution is -2.43. The molecule has 3 nitrogen and oxygen atoms in total. The molecule has 0 saturated carbocycles. The van der Waals surface area contributed by atoms with E-state index in [1.165, 1.54) is 0 Å². The van der Waals surface area contributed by atoms with Crippen molar-refractivity contribution in [2.75, 3.05) is 33.7 Å². The van der Waals surface area contributed by atoms with Crippen LogP contribution in [0.3, 0.4) is 0 Å². The third-order valence-electron chi connectivity index (χ3n) is 2.62. The Morgan fingerprint density at radius 2 is 1.67 bits per heavy atom. The van der Waals surface area contributed by atoms with Crippen LogP contribution in [-0.2, 0) is 0 Å². The standard InChI is InChI=1S/C12H28N2O/c1-7-12(4,15)9-13-8-11(2,3)10-14(5)6/h13,15H,7-10H2,1-6H3. The van der Waals surface area contributed by atoms with Gasteiger partial charge in [0.1, 0.15) is 0 Å². The zero-order valence-electron chi connectivity index (χ0n) is 11.2. The van der Waals surface area contributed by atoms with Gasteiger partial charge in [0.25, 0.3) is 0 Å². The van der Waals surface area contributed by atoms with Crippen molar-refractivity contribution in [1.29, 1.82) is 0 Å². The third kappa shape index (κ3) is 7.77. The molecule has 0 aliphatic heterocycles. The van der Waals surface area contributed by atoms with Gasteiger partial charge in [-0.2, -0.15) is 0 Å². The molecule has 0 aromatic heterocycles. The molecular weight excluding hydrogens is 188 g/mol. The summed E-state index contributed by atoms with van der Waals surface area (Å²) in [6.45, 7) is 11.0. The summed E-state index contributed by atoms with van der Waals surface area (Å²) >= 11 is 0. The molecule has 1 unspecified atom stereocenters. The molecule has 1 atom stereocenters. The average molecular weight is 216 g/mol. The smallest absolute Gasteiger partial charge is 0.0740 e. The quantitative estimate of drug-likeness (QED) is 0.674. The summed E-state index contributed by atoms with van der Waals surface area (Å²) in [5.74, 6) is 0. The number of nitrogens with zero attached hydrogens (tertiary/aromatic N) is 1. The van der Waals surface area contributed by atoms with Crippen molar-refractivity contribution < 1.29 is 5.11 Å². The Morgan fingerprint density at radius 1 is 1.13 bits per heavy atom. The third-order valence-corrected chi connectivity index (χ3v) is 2.62. The van der Waals surface area contributed by atoms with E-state index in [0.29, 0.717) is 6.54 Å². The number of aliphatic hydroxyl groups is 1. The van der Waals surface area contributed by atoms with Gasteiger partial charge in [-0.3, -0.25) is 0 Å². The fourth-order valence-electron chi connectivity index (χ4n) is 1.71. The molecule has 0 aromatic rings. The van der Waals surface area contributed by atoms with Crippen LogP contribution in [0.1, 0.15) is 34.1 Å². The number of rotatable bonds is 7. The molecule has 0 radical (unpaired) electrons. The Morgan fingerprint density at radius 3 is 2.07 bits per heavy atom. The Bertz CT molecular complexity index is 176. The lowest BCUT2D eigenvalue weighted by molar-refractivity contribution is 0.0526. The molecule has 0 saturated heterocycles. The maximum absolute atomic E-state index is 9.83. The zero-order valence-corrected chi connectivity index (χ0v) is 11.2. The van der Waals surface area contributed by atoms with E-state index in [9.17, 15) is 5.11 Å². The van der Waals surface area contributed by atoms with Crippen LogP contribution in [0.4, 0.5) is 0 Å². The van der Waals surface area contributed by atoms with Crippen LogP contribution in [0.25, 0.3) is 0 Å². The summed E-state index contributed by atoms with van der Waals surface area (Å²) in [6.07, 6.45) is 0.786. The maximum Gasteiger partial charge on any atom is 0.0740 e. The normalized spacial score (nSPS) is 16.8. The second-order valence-corrected chi connectivity index (χ2v) is 5.86. The van der Waals surface area contributed by atoms with E-state index in [2.05, 4.69) is 38.2 Å². The van der Waals surface area contributed by atoms with E-state index in [1.54, 1.807) is 0 Å². The Hall–Kier alpha value is -0.120. The van der Waals surface area contributed by atoms with E-state index in [-0.39, 0.29) is 5.41 Å². The molecule has 0 spiro atoms. The van der Waals surface area contributed by atoms with Crippen molar-refractivity contribution in [3.63, 3.8) is 0 Å². The van der Waals surface area contributed by atoms with Crippen molar-refractivity contribution in [2.45, 2.75) is 39.7 Å². The molecule has 0 aliphatic carbocycles. The minimum atomic E-state index is -0.575.